The first-order valence-electron chi connectivity index (χ1n) is 7.23. The molecule has 0 spiro atoms. The zero-order chi connectivity index (χ0) is 15.7. The van der Waals surface area contributed by atoms with Crippen LogP contribution >= 0.6 is 0 Å². The highest BCUT2D eigenvalue weighted by molar-refractivity contribution is 5.38. The highest BCUT2D eigenvalue weighted by atomic mass is 16.5. The lowest BCUT2D eigenvalue weighted by Gasteiger charge is -2.19. The number of methoxy groups -OCH3 is 1. The molecule has 5 heteroatoms. The van der Waals surface area contributed by atoms with Gasteiger partial charge in [0.15, 0.2) is 0 Å². The molecule has 0 fully saturated rings. The molecule has 0 amide bonds. The maximum absolute atomic E-state index is 9.84. The third-order valence-corrected chi connectivity index (χ3v) is 3.24. The van der Waals surface area contributed by atoms with Crippen LogP contribution in [0.25, 0.3) is 0 Å². The summed E-state index contributed by atoms with van der Waals surface area (Å²) in [5.41, 5.74) is 2.27. The number of aryl methyl sites for hydroxylation is 1. The van der Waals surface area contributed by atoms with Crippen molar-refractivity contribution in [2.45, 2.75) is 26.0 Å². The third kappa shape index (κ3) is 6.44. The van der Waals surface area contributed by atoms with E-state index in [0.29, 0.717) is 13.2 Å². The van der Waals surface area contributed by atoms with Crippen LogP contribution in [-0.2, 0) is 9.47 Å². The van der Waals surface area contributed by atoms with E-state index in [1.165, 1.54) is 5.56 Å². The molecule has 21 heavy (non-hydrogen) atoms. The van der Waals surface area contributed by atoms with Crippen molar-refractivity contribution in [3.63, 3.8) is 0 Å². The topological polar surface area (TPSA) is 60.0 Å². The Morgan fingerprint density at radius 2 is 2.00 bits per heavy atom. The van der Waals surface area contributed by atoms with Gasteiger partial charge >= 0.3 is 0 Å². The Hall–Kier alpha value is -1.14. The van der Waals surface area contributed by atoms with Gasteiger partial charge in [0, 0.05) is 18.7 Å². The summed E-state index contributed by atoms with van der Waals surface area (Å²) >= 11 is 0. The van der Waals surface area contributed by atoms with Crippen molar-refractivity contribution in [1.29, 1.82) is 0 Å². The van der Waals surface area contributed by atoms with Crippen LogP contribution in [0.4, 0.5) is 0 Å². The summed E-state index contributed by atoms with van der Waals surface area (Å²) in [6.45, 7) is 5.57. The van der Waals surface area contributed by atoms with E-state index in [9.17, 15) is 5.11 Å². The van der Waals surface area contributed by atoms with Gasteiger partial charge in [-0.3, -0.25) is 0 Å². The molecule has 2 atom stereocenters. The Morgan fingerprint density at radius 3 is 2.67 bits per heavy atom. The minimum atomic E-state index is -0.652. The molecule has 5 nitrogen and oxygen atoms in total. The first kappa shape index (κ1) is 17.9. The normalized spacial score (nSPS) is 14.0. The van der Waals surface area contributed by atoms with Crippen LogP contribution in [0.3, 0.4) is 0 Å². The van der Waals surface area contributed by atoms with Crippen molar-refractivity contribution in [1.82, 2.24) is 5.32 Å². The number of nitrogens with one attached hydrogen (secondary N) is 1. The average molecular weight is 297 g/mol. The molecular weight excluding hydrogens is 270 g/mol. The van der Waals surface area contributed by atoms with E-state index in [2.05, 4.69) is 18.3 Å². The molecule has 0 saturated heterocycles. The van der Waals surface area contributed by atoms with Gasteiger partial charge in [-0.15, -0.1) is 0 Å². The molecule has 0 bridgehead atoms. The van der Waals surface area contributed by atoms with E-state index in [1.54, 1.807) is 7.11 Å². The van der Waals surface area contributed by atoms with Crippen molar-refractivity contribution in [2.24, 2.45) is 0 Å². The molecule has 0 saturated carbocycles. The van der Waals surface area contributed by atoms with Gasteiger partial charge in [-0.1, -0.05) is 17.7 Å². The number of hydrogen-bond acceptors (Lipinski definition) is 5. The number of rotatable bonds is 10. The van der Waals surface area contributed by atoms with E-state index < -0.39 is 6.10 Å². The summed E-state index contributed by atoms with van der Waals surface area (Å²) in [6.07, 6.45) is -0.652. The lowest BCUT2D eigenvalue weighted by Crippen LogP contribution is -2.25. The van der Waals surface area contributed by atoms with Crippen LogP contribution in [0.2, 0.25) is 0 Å². The first-order chi connectivity index (χ1) is 10.1. The summed E-state index contributed by atoms with van der Waals surface area (Å²) < 4.78 is 15.9. The Bertz CT molecular complexity index is 411. The predicted molar refractivity (Wildman–Crippen MR) is 82.9 cm³/mol. The van der Waals surface area contributed by atoms with Gasteiger partial charge in [0.1, 0.15) is 18.5 Å². The molecule has 0 aromatic heterocycles. The Labute approximate surface area is 127 Å². The highest BCUT2D eigenvalue weighted by Gasteiger charge is 2.12. The Kier molecular flexibility index (Phi) is 8.30. The zero-order valence-electron chi connectivity index (χ0n) is 13.4. The maximum Gasteiger partial charge on any atom is 0.124 e. The fraction of sp³-hybridized carbons (Fsp3) is 0.625. The second-order valence-electron chi connectivity index (χ2n) is 5.08. The monoisotopic (exact) mass is 297 g/mol. The van der Waals surface area contributed by atoms with Gasteiger partial charge in [0.25, 0.3) is 0 Å². The number of benzene rings is 1. The number of aliphatic hydroxyl groups is 1. The largest absolute Gasteiger partial charge is 0.490 e. The molecule has 0 radical (unpaired) electrons. The quantitative estimate of drug-likeness (QED) is 0.643. The molecular formula is C16H27NO4. The molecule has 2 N–H and O–H groups in total. The van der Waals surface area contributed by atoms with Crippen LogP contribution < -0.4 is 10.1 Å². The van der Waals surface area contributed by atoms with Gasteiger partial charge in [-0.25, -0.2) is 0 Å². The molecule has 1 aromatic carbocycles. The lowest BCUT2D eigenvalue weighted by atomic mass is 10.0. The standard InChI is InChI=1S/C16H27NO4/c1-12-5-6-16(15(9-12)13(2)17-3)21-11-14(18)10-20-8-7-19-4/h5-6,9,13-14,17-18H,7-8,10-11H2,1-4H3. The minimum absolute atomic E-state index is 0.190. The van der Waals surface area contributed by atoms with Crippen LogP contribution in [0.1, 0.15) is 24.1 Å². The fourth-order valence-corrected chi connectivity index (χ4v) is 1.89. The molecule has 0 heterocycles. The number of aliphatic hydroxyl groups excluding tert-OH is 1. The van der Waals surface area contributed by atoms with Gasteiger partial charge < -0.3 is 24.6 Å². The maximum atomic E-state index is 9.84. The molecule has 0 aliphatic carbocycles. The second-order valence-corrected chi connectivity index (χ2v) is 5.08. The van der Waals surface area contributed by atoms with E-state index in [1.807, 2.05) is 26.1 Å². The summed E-state index contributed by atoms with van der Waals surface area (Å²) in [5, 5.41) is 13.0. The van der Waals surface area contributed by atoms with Crippen molar-refractivity contribution in [3.05, 3.63) is 29.3 Å². The Morgan fingerprint density at radius 1 is 1.24 bits per heavy atom. The summed E-state index contributed by atoms with van der Waals surface area (Å²) in [7, 11) is 3.53. The van der Waals surface area contributed by atoms with E-state index in [4.69, 9.17) is 14.2 Å². The van der Waals surface area contributed by atoms with E-state index in [0.717, 1.165) is 11.3 Å². The lowest BCUT2D eigenvalue weighted by molar-refractivity contribution is -0.00437. The van der Waals surface area contributed by atoms with Gasteiger partial charge in [0.2, 0.25) is 0 Å². The van der Waals surface area contributed by atoms with Crippen LogP contribution in [0.5, 0.6) is 5.75 Å². The molecule has 0 aliphatic heterocycles. The fourth-order valence-electron chi connectivity index (χ4n) is 1.89. The third-order valence-electron chi connectivity index (χ3n) is 3.24. The van der Waals surface area contributed by atoms with Gasteiger partial charge in [-0.05, 0) is 27.0 Å². The van der Waals surface area contributed by atoms with Crippen molar-refractivity contribution in [3.8, 4) is 5.75 Å². The molecule has 0 aliphatic rings. The summed E-state index contributed by atoms with van der Waals surface area (Å²) in [6, 6.07) is 6.23. The first-order valence-corrected chi connectivity index (χ1v) is 7.23. The summed E-state index contributed by atoms with van der Waals surface area (Å²) in [4.78, 5) is 0. The number of hydrogen-bond donors (Lipinski definition) is 2. The van der Waals surface area contributed by atoms with Crippen LogP contribution in [-0.4, -0.2) is 51.8 Å². The SMILES string of the molecule is CNC(C)c1cc(C)ccc1OCC(O)COCCOC. The molecule has 1 aromatic rings. The molecule has 1 rings (SSSR count). The van der Waals surface area contributed by atoms with E-state index in [-0.39, 0.29) is 19.3 Å². The van der Waals surface area contributed by atoms with Crippen LogP contribution in [0.15, 0.2) is 18.2 Å². The van der Waals surface area contributed by atoms with Crippen molar-refractivity contribution in [2.75, 3.05) is 40.6 Å². The van der Waals surface area contributed by atoms with Gasteiger partial charge in [-0.2, -0.15) is 0 Å². The van der Waals surface area contributed by atoms with Crippen molar-refractivity contribution < 1.29 is 19.3 Å². The van der Waals surface area contributed by atoms with Gasteiger partial charge in [0.05, 0.1) is 19.8 Å². The summed E-state index contributed by atoms with van der Waals surface area (Å²) in [5.74, 6) is 0.790. The number of ether oxygens (including phenoxy) is 3. The highest BCUT2D eigenvalue weighted by Crippen LogP contribution is 2.26. The van der Waals surface area contributed by atoms with Crippen molar-refractivity contribution >= 4 is 0 Å². The molecule has 2 unspecified atom stereocenters. The predicted octanol–water partition coefficient (Wildman–Crippen LogP) is 1.68. The van der Waals surface area contributed by atoms with E-state index >= 15 is 0 Å². The Balaban J connectivity index is 2.50. The zero-order valence-corrected chi connectivity index (χ0v) is 13.4. The van der Waals surface area contributed by atoms with Crippen LogP contribution in [0, 0.1) is 6.92 Å². The minimum Gasteiger partial charge on any atom is -0.490 e. The average Bonchev–Trinajstić information content (AvgIpc) is 2.49. The smallest absolute Gasteiger partial charge is 0.124 e. The second kappa shape index (κ2) is 9.73. The molecule has 120 valence electrons.